The fraction of sp³-hybridized carbons (Fsp3) is 0.407. The van der Waals surface area contributed by atoms with E-state index in [4.69, 9.17) is 4.74 Å². The van der Waals surface area contributed by atoms with Crippen molar-refractivity contribution in [3.63, 3.8) is 0 Å². The highest BCUT2D eigenvalue weighted by Gasteiger charge is 2.38. The maximum absolute atomic E-state index is 13.6. The van der Waals surface area contributed by atoms with Gasteiger partial charge in [0.15, 0.2) is 11.6 Å². The van der Waals surface area contributed by atoms with Crippen molar-refractivity contribution in [3.05, 3.63) is 68.9 Å². The molecule has 2 atom stereocenters. The molecule has 1 fully saturated rings. The van der Waals surface area contributed by atoms with Gasteiger partial charge in [0.2, 0.25) is 0 Å². The Balaban J connectivity index is 1.36. The van der Waals surface area contributed by atoms with Crippen LogP contribution in [0.4, 0.5) is 18.9 Å². The van der Waals surface area contributed by atoms with Gasteiger partial charge in [-0.3, -0.25) is 14.2 Å². The molecule has 0 amide bonds. The Morgan fingerprint density at radius 1 is 1.07 bits per heavy atom. The predicted molar refractivity (Wildman–Crippen MR) is 142 cm³/mol. The summed E-state index contributed by atoms with van der Waals surface area (Å²) in [6.07, 6.45) is 3.63. The number of nitrogens with one attached hydrogen (secondary N) is 1. The average molecular weight is 556 g/mol. The van der Waals surface area contributed by atoms with E-state index in [1.807, 2.05) is 6.92 Å². The van der Waals surface area contributed by atoms with E-state index >= 15 is 0 Å². The second-order valence-electron chi connectivity index (χ2n) is 10.1. The minimum atomic E-state index is -4.81. The molecule has 1 aliphatic carbocycles. The summed E-state index contributed by atoms with van der Waals surface area (Å²) in [5.74, 6) is 1.06. The molecular weight excluding hydrogens is 527 g/mol. The summed E-state index contributed by atoms with van der Waals surface area (Å²) >= 11 is 0. The van der Waals surface area contributed by atoms with Crippen molar-refractivity contribution in [1.82, 2.24) is 29.3 Å². The van der Waals surface area contributed by atoms with Crippen LogP contribution in [0.3, 0.4) is 0 Å². The van der Waals surface area contributed by atoms with E-state index in [0.29, 0.717) is 46.5 Å². The second-order valence-corrected chi connectivity index (χ2v) is 10.1. The minimum absolute atomic E-state index is 0.0325. The Kier molecular flexibility index (Phi) is 7.30. The lowest BCUT2D eigenvalue weighted by Gasteiger charge is -2.31. The van der Waals surface area contributed by atoms with E-state index in [0.717, 1.165) is 30.2 Å². The summed E-state index contributed by atoms with van der Waals surface area (Å²) in [6, 6.07) is 3.26. The van der Waals surface area contributed by atoms with Gasteiger partial charge in [-0.25, -0.2) is 19.6 Å². The molecule has 0 unspecified atom stereocenters. The van der Waals surface area contributed by atoms with Gasteiger partial charge in [0.1, 0.15) is 5.56 Å². The van der Waals surface area contributed by atoms with Crippen LogP contribution in [-0.4, -0.2) is 42.5 Å². The molecule has 0 radical (unpaired) electrons. The van der Waals surface area contributed by atoms with Crippen LogP contribution in [0.2, 0.25) is 0 Å². The number of aromatic nitrogens is 6. The van der Waals surface area contributed by atoms with E-state index in [-0.39, 0.29) is 23.2 Å². The largest absolute Gasteiger partial charge is 0.494 e. The Hall–Kier alpha value is -4.29. The molecule has 3 aromatic heterocycles. The molecule has 1 aliphatic rings. The monoisotopic (exact) mass is 555 g/mol. The van der Waals surface area contributed by atoms with Crippen molar-refractivity contribution in [2.24, 2.45) is 13.0 Å². The molecule has 0 bridgehead atoms. The van der Waals surface area contributed by atoms with Crippen LogP contribution < -0.4 is 21.2 Å². The van der Waals surface area contributed by atoms with Gasteiger partial charge in [0.05, 0.1) is 48.6 Å². The number of fused-ring (bicyclic) bond motifs is 1. The first-order valence-electron chi connectivity index (χ1n) is 12.8. The quantitative estimate of drug-likeness (QED) is 0.380. The second kappa shape index (κ2) is 10.7. The van der Waals surface area contributed by atoms with E-state index in [1.54, 1.807) is 29.1 Å². The number of rotatable bonds is 6. The number of hydrogen-bond donors (Lipinski definition) is 1. The molecule has 10 nitrogen and oxygen atoms in total. The molecule has 5 rings (SSSR count). The first-order valence-corrected chi connectivity index (χ1v) is 12.8. The summed E-state index contributed by atoms with van der Waals surface area (Å²) in [5.41, 5.74) is -0.878. The number of alkyl halides is 3. The maximum atomic E-state index is 13.6. The Labute approximate surface area is 226 Å². The number of hydrogen-bond acceptors (Lipinski definition) is 8. The molecule has 3 heterocycles. The lowest BCUT2D eigenvalue weighted by atomic mass is 9.85. The molecule has 0 saturated heterocycles. The molecule has 40 heavy (non-hydrogen) atoms. The van der Waals surface area contributed by atoms with Crippen LogP contribution in [0.25, 0.3) is 22.3 Å². The minimum Gasteiger partial charge on any atom is -0.494 e. The van der Waals surface area contributed by atoms with Gasteiger partial charge in [-0.2, -0.15) is 18.3 Å². The topological polar surface area (TPSA) is 117 Å². The first-order chi connectivity index (χ1) is 19.0. The number of methoxy groups -OCH3 is 1. The molecule has 210 valence electrons. The van der Waals surface area contributed by atoms with Crippen molar-refractivity contribution in [1.29, 1.82) is 0 Å². The number of benzene rings is 1. The lowest BCUT2D eigenvalue weighted by molar-refractivity contribution is -0.138. The van der Waals surface area contributed by atoms with Crippen LogP contribution in [-0.2, 0) is 19.8 Å². The zero-order valence-corrected chi connectivity index (χ0v) is 22.2. The van der Waals surface area contributed by atoms with Gasteiger partial charge in [-0.1, -0.05) is 6.42 Å². The third-order valence-electron chi connectivity index (χ3n) is 7.29. The molecule has 0 spiro atoms. The van der Waals surface area contributed by atoms with Crippen molar-refractivity contribution >= 4 is 16.6 Å². The summed E-state index contributed by atoms with van der Waals surface area (Å²) in [5, 5.41) is 7.12. The Morgan fingerprint density at radius 3 is 2.52 bits per heavy atom. The first kappa shape index (κ1) is 27.3. The van der Waals surface area contributed by atoms with Gasteiger partial charge >= 0.3 is 6.18 Å². The van der Waals surface area contributed by atoms with Crippen LogP contribution in [0.5, 0.6) is 5.75 Å². The Morgan fingerprint density at radius 2 is 1.82 bits per heavy atom. The van der Waals surface area contributed by atoms with Gasteiger partial charge in [0.25, 0.3) is 11.1 Å². The summed E-state index contributed by atoms with van der Waals surface area (Å²) in [7, 11) is 2.72. The molecule has 0 aliphatic heterocycles. The van der Waals surface area contributed by atoms with Gasteiger partial charge in [-0.15, -0.1) is 0 Å². The average Bonchev–Trinajstić information content (AvgIpc) is 2.92. The van der Waals surface area contributed by atoms with Crippen molar-refractivity contribution in [3.8, 4) is 17.1 Å². The lowest BCUT2D eigenvalue weighted by Crippen LogP contribution is -2.35. The summed E-state index contributed by atoms with van der Waals surface area (Å²) in [6.45, 7) is 2.25. The number of anilines is 1. The third kappa shape index (κ3) is 5.40. The summed E-state index contributed by atoms with van der Waals surface area (Å²) in [4.78, 5) is 38.7. The fourth-order valence-corrected chi connectivity index (χ4v) is 5.25. The fourth-order valence-electron chi connectivity index (χ4n) is 5.25. The highest BCUT2D eigenvalue weighted by atomic mass is 19.4. The van der Waals surface area contributed by atoms with Crippen LogP contribution in [0.15, 0.2) is 46.6 Å². The number of ether oxygens (including phenoxy) is 1. The van der Waals surface area contributed by atoms with Gasteiger partial charge in [-0.05, 0) is 49.8 Å². The normalized spacial score (nSPS) is 17.6. The van der Waals surface area contributed by atoms with Crippen molar-refractivity contribution < 1.29 is 17.9 Å². The number of halogens is 3. The van der Waals surface area contributed by atoms with Crippen LogP contribution in [0, 0.1) is 12.8 Å². The van der Waals surface area contributed by atoms with Crippen LogP contribution >= 0.6 is 0 Å². The zero-order valence-electron chi connectivity index (χ0n) is 22.2. The number of aryl methyl sites for hydroxylation is 2. The molecule has 1 aromatic carbocycles. The van der Waals surface area contributed by atoms with Gasteiger partial charge in [0, 0.05) is 25.2 Å². The molecule has 13 heteroatoms. The van der Waals surface area contributed by atoms with E-state index in [9.17, 15) is 22.8 Å². The maximum Gasteiger partial charge on any atom is 0.423 e. The van der Waals surface area contributed by atoms with E-state index < -0.39 is 17.3 Å². The van der Waals surface area contributed by atoms with E-state index in [2.05, 4.69) is 25.4 Å². The third-order valence-corrected chi connectivity index (χ3v) is 7.29. The van der Waals surface area contributed by atoms with Crippen LogP contribution in [0.1, 0.15) is 36.8 Å². The highest BCUT2D eigenvalue weighted by Crippen LogP contribution is 2.34. The van der Waals surface area contributed by atoms with Gasteiger partial charge < -0.3 is 10.1 Å². The van der Waals surface area contributed by atoms with Crippen molar-refractivity contribution in [2.75, 3.05) is 12.4 Å². The smallest absolute Gasteiger partial charge is 0.423 e. The number of nitrogens with zero attached hydrogens (tertiary/aromatic N) is 6. The zero-order chi connectivity index (χ0) is 28.6. The molecular formula is C27H28F3N7O3. The molecule has 1 N–H and O–H groups in total. The highest BCUT2D eigenvalue weighted by molar-refractivity contribution is 5.84. The van der Waals surface area contributed by atoms with E-state index in [1.165, 1.54) is 20.5 Å². The summed E-state index contributed by atoms with van der Waals surface area (Å²) < 4.78 is 48.2. The molecule has 4 aromatic rings. The van der Waals surface area contributed by atoms with Crippen molar-refractivity contribution in [2.45, 2.75) is 51.4 Å². The molecule has 1 saturated carbocycles. The predicted octanol–water partition coefficient (Wildman–Crippen LogP) is 3.95. The standard InChI is InChI=1S/C27H28F3N7O3/c1-15-7-20-21(9-19(15)24-31-10-18(40-3)11-32-24)33-14-37(25(20)38)13-16-5-4-6-17(8-16)35-22-12-34-36(2)26(39)23(22)27(28,29)30/h7,9-12,14,16-17,35H,4-6,8,13H2,1-3H3/t16-,17+/m1/s1. The Bertz CT molecular complexity index is 1670. The SMILES string of the molecule is COc1cnc(-c2cc3ncn(C[C@@H]4CCC[C@H](Nc5cnn(C)c(=O)c5C(F)(F)F)C4)c(=O)c3cc2C)nc1.